The molecule has 0 aliphatic carbocycles. The van der Waals surface area contributed by atoms with Crippen molar-refractivity contribution in [1.29, 1.82) is 0 Å². The number of carbonyl (C=O) groups is 8. The highest BCUT2D eigenvalue weighted by Gasteiger charge is 2.93. The van der Waals surface area contributed by atoms with Crippen molar-refractivity contribution in [2.45, 2.75) is 103 Å². The van der Waals surface area contributed by atoms with E-state index in [0.717, 1.165) is 0 Å². The van der Waals surface area contributed by atoms with E-state index in [2.05, 4.69) is 9.97 Å². The molecular weight excluding hydrogens is 913 g/mol. The average Bonchev–Trinajstić information content (AvgIpc) is 3.92. The lowest BCUT2D eigenvalue weighted by atomic mass is 9.85. The van der Waals surface area contributed by atoms with Gasteiger partial charge in [-0.1, -0.05) is 12.1 Å². The van der Waals surface area contributed by atoms with Crippen LogP contribution in [0.4, 0.5) is 5.69 Å². The van der Waals surface area contributed by atoms with Crippen LogP contribution in [0.5, 0.6) is 0 Å². The molecule has 354 valence electrons. The average molecular weight is 949 g/mol. The molecule has 8 unspecified atom stereocenters. The first-order chi connectivity index (χ1) is 32.7. The summed E-state index contributed by atoms with van der Waals surface area (Å²) in [6.45, 7) is -0.0844. The number of anilines is 1. The van der Waals surface area contributed by atoms with Crippen molar-refractivity contribution in [3.05, 3.63) is 76.6 Å². The number of rotatable bonds is 20. The number of fused-ring (bicyclic) bond motifs is 4. The van der Waals surface area contributed by atoms with Crippen molar-refractivity contribution < 1.29 is 79.2 Å². The van der Waals surface area contributed by atoms with E-state index in [1.165, 1.54) is 48.8 Å². The maximum absolute atomic E-state index is 12.4. The molecule has 4 aromatic rings. The van der Waals surface area contributed by atoms with Gasteiger partial charge in [0.25, 0.3) is 0 Å². The molecule has 8 aliphatic rings. The minimum atomic E-state index is -1.45. The molecule has 8 atom stereocenters. The molecule has 0 radical (unpaired) electrons. The highest BCUT2D eigenvalue weighted by atomic mass is 16.4. The summed E-state index contributed by atoms with van der Waals surface area (Å²) in [6.07, 6.45) is 1.79. The Morgan fingerprint density at radius 1 is 0.507 bits per heavy atom. The van der Waals surface area contributed by atoms with Crippen LogP contribution in [0.1, 0.15) is 27.8 Å². The van der Waals surface area contributed by atoms with E-state index in [9.17, 15) is 79.2 Å². The third-order valence-electron chi connectivity index (χ3n) is 15.8. The summed E-state index contributed by atoms with van der Waals surface area (Å²) in [5.74, 6) is -10.4. The lowest BCUT2D eigenvalue weighted by Crippen LogP contribution is -2.38. The third kappa shape index (κ3) is 5.38. The standard InChI is InChI=1S/C43H36N10O16/c44-17-3-1-2-14(8-17)13-49-31(21-19(12-43-28(38(66)67)53(43)29(43)39(68)69)16(5-7-46-21)10-41-24(34(58)59)51(41)25(41)35(60)61)47-30(48-49)20-18(11-42-26(36(62)63)52(42)27(42)37(64)65)15(4-6-45-20)9-40-22(32(54)55)50(40)23(40)33(56)57/h1-8,22-29H,9-13,44H2,(H,54,55)(H,56,57)(H,58,59)(H,60,61)(H,62,63)(H,64,65)(H,66,67)(H,68,69). The summed E-state index contributed by atoms with van der Waals surface area (Å²) in [4.78, 5) is 118. The number of aliphatic carboxylic acids is 8. The molecule has 0 amide bonds. The number of aromatic nitrogens is 5. The minimum absolute atomic E-state index is 0.00712. The van der Waals surface area contributed by atoms with Gasteiger partial charge in [0.15, 0.2) is 5.82 Å². The Morgan fingerprint density at radius 3 is 1.25 bits per heavy atom. The van der Waals surface area contributed by atoms with Crippen LogP contribution in [0.2, 0.25) is 0 Å². The van der Waals surface area contributed by atoms with E-state index < -0.39 is 118 Å². The molecule has 26 heteroatoms. The van der Waals surface area contributed by atoms with Gasteiger partial charge in [-0.25, -0.2) is 9.67 Å². The number of hydrogen-bond donors (Lipinski definition) is 9. The zero-order valence-electron chi connectivity index (χ0n) is 35.2. The summed E-state index contributed by atoms with van der Waals surface area (Å²) in [7, 11) is 0. The molecule has 69 heavy (non-hydrogen) atoms. The second kappa shape index (κ2) is 13.2. The number of hydrogen-bond acceptors (Lipinski definition) is 17. The number of nitrogens with two attached hydrogens (primary N) is 1. The molecule has 11 heterocycles. The van der Waals surface area contributed by atoms with Gasteiger partial charge in [-0.2, -0.15) is 0 Å². The van der Waals surface area contributed by atoms with Gasteiger partial charge in [-0.15, -0.1) is 5.10 Å². The van der Waals surface area contributed by atoms with Crippen molar-refractivity contribution in [2.24, 2.45) is 0 Å². The summed E-state index contributed by atoms with van der Waals surface area (Å²) in [6, 6.07) is 0.243. The fraction of sp³-hybridized carbons (Fsp3) is 0.395. The largest absolute Gasteiger partial charge is 0.480 e. The fourth-order valence-corrected chi connectivity index (χ4v) is 12.6. The number of carboxylic acid groups (broad SMARTS) is 8. The van der Waals surface area contributed by atoms with Crippen LogP contribution >= 0.6 is 0 Å². The number of carboxylic acids is 8. The number of benzene rings is 1. The summed E-state index contributed by atoms with van der Waals surface area (Å²) < 4.78 is 1.40. The maximum Gasteiger partial charge on any atom is 0.323 e. The Balaban J connectivity index is 1.02. The van der Waals surface area contributed by atoms with Crippen LogP contribution < -0.4 is 5.73 Å². The molecular formula is C43H36N10O16. The van der Waals surface area contributed by atoms with E-state index in [-0.39, 0.29) is 66.4 Å². The minimum Gasteiger partial charge on any atom is -0.480 e. The van der Waals surface area contributed by atoms with Gasteiger partial charge >= 0.3 is 47.8 Å². The predicted molar refractivity (Wildman–Crippen MR) is 221 cm³/mol. The van der Waals surface area contributed by atoms with E-state index in [0.29, 0.717) is 22.4 Å². The quantitative estimate of drug-likeness (QED) is 0.0317. The monoisotopic (exact) mass is 948 g/mol. The van der Waals surface area contributed by atoms with E-state index >= 15 is 0 Å². The third-order valence-corrected chi connectivity index (χ3v) is 15.8. The number of nitrogens with zero attached hydrogens (tertiary/aromatic N) is 9. The normalized spacial score (nSPS) is 37.6. The molecule has 0 spiro atoms. The maximum atomic E-state index is 12.4. The highest BCUT2D eigenvalue weighted by molar-refractivity contribution is 5.98. The van der Waals surface area contributed by atoms with E-state index in [1.54, 1.807) is 24.3 Å². The van der Waals surface area contributed by atoms with Gasteiger partial charge < -0.3 is 46.6 Å². The molecule has 1 aromatic carbocycles. The fourth-order valence-electron chi connectivity index (χ4n) is 12.6. The second-order valence-electron chi connectivity index (χ2n) is 19.0. The van der Waals surface area contributed by atoms with Crippen LogP contribution in [-0.4, -0.2) is 203 Å². The van der Waals surface area contributed by atoms with Crippen LogP contribution in [-0.2, 0) is 70.6 Å². The van der Waals surface area contributed by atoms with Gasteiger partial charge in [0.2, 0.25) is 5.82 Å². The molecule has 0 bridgehead atoms. The van der Waals surface area contributed by atoms with Crippen LogP contribution in [0.25, 0.3) is 23.0 Å². The topological polar surface area (TPSA) is 393 Å². The Bertz CT molecular complexity index is 3070. The van der Waals surface area contributed by atoms with Gasteiger partial charge in [0.05, 0.1) is 28.7 Å². The summed E-state index contributed by atoms with van der Waals surface area (Å²) in [5, 5.41) is 85.3. The first-order valence-corrected chi connectivity index (χ1v) is 21.4. The van der Waals surface area contributed by atoms with Crippen molar-refractivity contribution in [2.75, 3.05) is 5.73 Å². The van der Waals surface area contributed by atoms with Gasteiger partial charge in [0, 0.05) is 18.1 Å². The van der Waals surface area contributed by atoms with Gasteiger partial charge in [-0.05, 0) is 77.8 Å². The van der Waals surface area contributed by atoms with Crippen LogP contribution in [0, 0.1) is 0 Å². The van der Waals surface area contributed by atoms with Crippen molar-refractivity contribution in [3.8, 4) is 23.0 Å². The molecule has 8 saturated heterocycles. The first-order valence-electron chi connectivity index (χ1n) is 21.4. The molecule has 12 rings (SSSR count). The van der Waals surface area contributed by atoms with E-state index in [4.69, 9.17) is 15.8 Å². The molecule has 10 N–H and O–H groups in total. The van der Waals surface area contributed by atoms with Crippen molar-refractivity contribution in [3.63, 3.8) is 0 Å². The second-order valence-corrected chi connectivity index (χ2v) is 19.0. The van der Waals surface area contributed by atoms with Crippen LogP contribution in [0.3, 0.4) is 0 Å². The van der Waals surface area contributed by atoms with Crippen molar-refractivity contribution >= 4 is 53.4 Å². The molecule has 8 aliphatic heterocycles. The van der Waals surface area contributed by atoms with Crippen molar-refractivity contribution in [1.82, 2.24) is 44.3 Å². The van der Waals surface area contributed by atoms with Crippen LogP contribution in [0.15, 0.2) is 48.8 Å². The summed E-state index contributed by atoms with van der Waals surface area (Å²) >= 11 is 0. The molecule has 26 nitrogen and oxygen atoms in total. The molecule has 3 aromatic heterocycles. The Labute approximate surface area is 384 Å². The SMILES string of the molecule is Nc1cccc(Cn2nc(-c3nccc(CC45C(C(=O)O)N4C5C(=O)O)c3CC34C(C(=O)O)N3C4C(=O)O)nc2-c2nccc(CC34C(C(=O)O)N3C4C(=O)O)c2CC23C(C(=O)O)N2C3C(=O)O)c1. The first kappa shape index (κ1) is 42.4. The number of pyridine rings is 2. The highest BCUT2D eigenvalue weighted by Crippen LogP contribution is 2.69. The van der Waals surface area contributed by atoms with E-state index in [1.807, 2.05) is 0 Å². The Hall–Kier alpha value is -7.94. The number of nitrogen functional groups attached to an aromatic ring is 1. The van der Waals surface area contributed by atoms with Gasteiger partial charge in [-0.3, -0.25) is 67.9 Å². The summed E-state index contributed by atoms with van der Waals surface area (Å²) in [5.41, 5.74) is 2.64. The molecule has 0 saturated carbocycles. The zero-order chi connectivity index (χ0) is 48.9. The zero-order valence-corrected chi connectivity index (χ0v) is 35.2. The Kier molecular flexibility index (Phi) is 8.10. The molecule has 8 fully saturated rings. The predicted octanol–water partition coefficient (Wildman–Crippen LogP) is -2.90. The van der Waals surface area contributed by atoms with Gasteiger partial charge in [0.1, 0.15) is 59.7 Å². The lowest BCUT2D eigenvalue weighted by molar-refractivity contribution is -0.144. The lowest BCUT2D eigenvalue weighted by Gasteiger charge is -2.19. The smallest absolute Gasteiger partial charge is 0.323 e. The Morgan fingerprint density at radius 2 is 0.870 bits per heavy atom.